The minimum atomic E-state index is -1.76. The maximum absolute atomic E-state index is 12.6. The molecule has 1 heterocycles. The first-order chi connectivity index (χ1) is 12.5. The van der Waals surface area contributed by atoms with Crippen molar-refractivity contribution in [1.29, 1.82) is 0 Å². The van der Waals surface area contributed by atoms with Crippen LogP contribution in [0.2, 0.25) is 0 Å². The van der Waals surface area contributed by atoms with Gasteiger partial charge in [-0.25, -0.2) is 4.79 Å². The zero-order chi connectivity index (χ0) is 19.6. The van der Waals surface area contributed by atoms with Gasteiger partial charge in [0.15, 0.2) is 0 Å². The Balaban J connectivity index is 3.13. The van der Waals surface area contributed by atoms with Crippen LogP contribution in [0.25, 0.3) is 0 Å². The Morgan fingerprint density at radius 2 is 1.69 bits per heavy atom. The van der Waals surface area contributed by atoms with Gasteiger partial charge >= 0.3 is 17.9 Å². The van der Waals surface area contributed by atoms with Crippen molar-refractivity contribution in [2.45, 2.75) is 58.5 Å². The third-order valence-electron chi connectivity index (χ3n) is 4.59. The maximum atomic E-state index is 12.6. The van der Waals surface area contributed by atoms with E-state index < -0.39 is 29.4 Å². The minimum absolute atomic E-state index is 0.0252. The summed E-state index contributed by atoms with van der Waals surface area (Å²) in [5.74, 6) is -2.20. The molecule has 1 atom stereocenters. The first-order valence-corrected chi connectivity index (χ1v) is 9.15. The van der Waals surface area contributed by atoms with Crippen molar-refractivity contribution in [2.75, 3.05) is 27.4 Å². The van der Waals surface area contributed by atoms with Crippen molar-refractivity contribution in [2.24, 2.45) is 5.41 Å². The highest BCUT2D eigenvalue weighted by Crippen LogP contribution is 2.44. The maximum Gasteiger partial charge on any atom is 0.330 e. The summed E-state index contributed by atoms with van der Waals surface area (Å²) in [5.41, 5.74) is -1.55. The standard InChI is InChI=1S/C19H30O7/c1-5-7-8-9-10-11-15-19(17(21)23-3,18(22)24-4)14(13-26-15)12-16(20)25-6-2/h12,15H,5-11,13H2,1-4H3/b14-12+/t15-/m0/s1. The van der Waals surface area contributed by atoms with Crippen LogP contribution in [0, 0.1) is 5.41 Å². The Morgan fingerprint density at radius 1 is 1.08 bits per heavy atom. The number of ether oxygens (including phenoxy) is 4. The van der Waals surface area contributed by atoms with Crippen LogP contribution in [0.15, 0.2) is 11.6 Å². The number of carbonyl (C=O) groups is 3. The van der Waals surface area contributed by atoms with Gasteiger partial charge in [0.2, 0.25) is 5.41 Å². The predicted octanol–water partition coefficient (Wildman–Crippen LogP) is 2.57. The molecule has 0 aromatic rings. The van der Waals surface area contributed by atoms with Crippen molar-refractivity contribution in [3.05, 3.63) is 11.6 Å². The molecular formula is C19H30O7. The molecule has 0 aromatic carbocycles. The quantitative estimate of drug-likeness (QED) is 0.192. The van der Waals surface area contributed by atoms with Gasteiger partial charge in [-0.3, -0.25) is 9.59 Å². The van der Waals surface area contributed by atoms with Crippen molar-refractivity contribution in [1.82, 2.24) is 0 Å². The average molecular weight is 370 g/mol. The number of rotatable bonds is 10. The van der Waals surface area contributed by atoms with E-state index in [0.717, 1.165) is 38.2 Å². The van der Waals surface area contributed by atoms with Gasteiger partial charge in [-0.2, -0.15) is 0 Å². The fraction of sp³-hybridized carbons (Fsp3) is 0.737. The summed E-state index contributed by atoms with van der Waals surface area (Å²) in [6.45, 7) is 3.97. The lowest BCUT2D eigenvalue weighted by Gasteiger charge is -2.29. The molecule has 7 nitrogen and oxygen atoms in total. The Kier molecular flexibility index (Phi) is 9.34. The van der Waals surface area contributed by atoms with Gasteiger partial charge in [0.25, 0.3) is 0 Å². The number of esters is 3. The Hall–Kier alpha value is -1.89. The zero-order valence-electron chi connectivity index (χ0n) is 16.2. The molecule has 1 aliphatic heterocycles. The lowest BCUT2D eigenvalue weighted by molar-refractivity contribution is -0.171. The average Bonchev–Trinajstić information content (AvgIpc) is 2.99. The smallest absolute Gasteiger partial charge is 0.330 e. The number of hydrogen-bond donors (Lipinski definition) is 0. The van der Waals surface area contributed by atoms with Crippen LogP contribution in [0.5, 0.6) is 0 Å². The third-order valence-corrected chi connectivity index (χ3v) is 4.59. The van der Waals surface area contributed by atoms with Gasteiger partial charge in [0.05, 0.1) is 33.5 Å². The number of unbranched alkanes of at least 4 members (excludes halogenated alkanes) is 4. The van der Waals surface area contributed by atoms with Gasteiger partial charge in [0.1, 0.15) is 0 Å². The van der Waals surface area contributed by atoms with E-state index in [9.17, 15) is 14.4 Å². The molecule has 7 heteroatoms. The Bertz CT molecular complexity index is 508. The molecule has 148 valence electrons. The molecule has 1 fully saturated rings. The molecule has 0 bridgehead atoms. The monoisotopic (exact) mass is 370 g/mol. The van der Waals surface area contributed by atoms with Crippen molar-refractivity contribution < 1.29 is 33.3 Å². The summed E-state index contributed by atoms with van der Waals surface area (Å²) < 4.78 is 20.4. The largest absolute Gasteiger partial charge is 0.468 e. The summed E-state index contributed by atoms with van der Waals surface area (Å²) in [7, 11) is 2.40. The highest BCUT2D eigenvalue weighted by Gasteiger charge is 2.61. The fourth-order valence-electron chi connectivity index (χ4n) is 3.28. The zero-order valence-corrected chi connectivity index (χ0v) is 16.2. The van der Waals surface area contributed by atoms with Gasteiger partial charge in [-0.15, -0.1) is 0 Å². The topological polar surface area (TPSA) is 88.1 Å². The molecule has 0 spiro atoms. The summed E-state index contributed by atoms with van der Waals surface area (Å²) in [4.78, 5) is 37.2. The highest BCUT2D eigenvalue weighted by molar-refractivity contribution is 6.06. The minimum Gasteiger partial charge on any atom is -0.468 e. The van der Waals surface area contributed by atoms with Gasteiger partial charge in [-0.05, 0) is 18.9 Å². The normalized spacial score (nSPS) is 20.0. The van der Waals surface area contributed by atoms with E-state index in [2.05, 4.69) is 6.92 Å². The second kappa shape index (κ2) is 11.0. The molecule has 0 N–H and O–H groups in total. The first-order valence-electron chi connectivity index (χ1n) is 9.15. The lowest BCUT2D eigenvalue weighted by atomic mass is 9.75. The molecule has 26 heavy (non-hydrogen) atoms. The van der Waals surface area contributed by atoms with Gasteiger partial charge in [0, 0.05) is 6.08 Å². The molecule has 0 amide bonds. The first kappa shape index (κ1) is 22.2. The third kappa shape index (κ3) is 4.84. The molecule has 0 saturated carbocycles. The van der Waals surface area contributed by atoms with Crippen LogP contribution in [0.4, 0.5) is 0 Å². The number of hydrogen-bond acceptors (Lipinski definition) is 7. The molecule has 1 rings (SSSR count). The highest BCUT2D eigenvalue weighted by atomic mass is 16.6. The van der Waals surface area contributed by atoms with E-state index in [4.69, 9.17) is 18.9 Å². The summed E-state index contributed by atoms with van der Waals surface area (Å²) in [6, 6.07) is 0. The Morgan fingerprint density at radius 3 is 2.23 bits per heavy atom. The van der Waals surface area contributed by atoms with Crippen LogP contribution in [0.1, 0.15) is 52.4 Å². The van der Waals surface area contributed by atoms with Crippen LogP contribution < -0.4 is 0 Å². The lowest BCUT2D eigenvalue weighted by Crippen LogP contribution is -2.48. The van der Waals surface area contributed by atoms with E-state index in [1.807, 2.05) is 0 Å². The SMILES string of the molecule is CCCCCCC[C@@H]1OC/C(=C\C(=O)OCC)C1(C(=O)OC)C(=O)OC. The van der Waals surface area contributed by atoms with Crippen LogP contribution in [-0.2, 0) is 33.3 Å². The Labute approximate surface area is 155 Å². The van der Waals surface area contributed by atoms with Crippen molar-refractivity contribution in [3.8, 4) is 0 Å². The van der Waals surface area contributed by atoms with Gasteiger partial charge < -0.3 is 18.9 Å². The molecule has 0 aliphatic carbocycles. The second-order valence-electron chi connectivity index (χ2n) is 6.22. The van der Waals surface area contributed by atoms with E-state index in [1.165, 1.54) is 14.2 Å². The molecule has 0 radical (unpaired) electrons. The van der Waals surface area contributed by atoms with E-state index in [-0.39, 0.29) is 18.8 Å². The van der Waals surface area contributed by atoms with E-state index in [0.29, 0.717) is 6.42 Å². The summed E-state index contributed by atoms with van der Waals surface area (Å²) in [6.07, 6.45) is 6.03. The summed E-state index contributed by atoms with van der Waals surface area (Å²) >= 11 is 0. The molecule has 0 unspecified atom stereocenters. The second-order valence-corrected chi connectivity index (χ2v) is 6.22. The van der Waals surface area contributed by atoms with Gasteiger partial charge in [-0.1, -0.05) is 39.0 Å². The van der Waals surface area contributed by atoms with Crippen LogP contribution in [0.3, 0.4) is 0 Å². The van der Waals surface area contributed by atoms with E-state index in [1.54, 1.807) is 6.92 Å². The number of carbonyl (C=O) groups excluding carboxylic acids is 3. The number of methoxy groups -OCH3 is 2. The fourth-order valence-corrected chi connectivity index (χ4v) is 3.28. The summed E-state index contributed by atoms with van der Waals surface area (Å²) in [5, 5.41) is 0. The van der Waals surface area contributed by atoms with Crippen molar-refractivity contribution >= 4 is 17.9 Å². The van der Waals surface area contributed by atoms with Crippen LogP contribution >= 0.6 is 0 Å². The molecule has 0 aromatic heterocycles. The predicted molar refractivity (Wildman–Crippen MR) is 94.3 cm³/mol. The molecule has 1 saturated heterocycles. The van der Waals surface area contributed by atoms with E-state index >= 15 is 0 Å². The van der Waals surface area contributed by atoms with Crippen LogP contribution in [-0.4, -0.2) is 51.4 Å². The molecular weight excluding hydrogens is 340 g/mol. The van der Waals surface area contributed by atoms with Crippen molar-refractivity contribution in [3.63, 3.8) is 0 Å². The molecule has 1 aliphatic rings.